The SMILES string of the molecule is C[C@H](NC(=O)c1cc(Cl)cc(C(F)(F)C(F)(F)F)c1)c1nc(C2CC2)nn1-c1ccc(C#N)cn1. The number of nitrogens with zero attached hydrogens (tertiary/aromatic N) is 5. The van der Waals surface area contributed by atoms with E-state index in [1.165, 1.54) is 16.9 Å². The molecule has 3 aromatic rings. The van der Waals surface area contributed by atoms with Crippen LogP contribution in [-0.2, 0) is 5.92 Å². The van der Waals surface area contributed by atoms with E-state index in [0.29, 0.717) is 29.3 Å². The van der Waals surface area contributed by atoms with Gasteiger partial charge in [0, 0.05) is 28.3 Å². The topological polar surface area (TPSA) is 96.5 Å². The van der Waals surface area contributed by atoms with Gasteiger partial charge >= 0.3 is 12.1 Å². The molecule has 0 aliphatic heterocycles. The van der Waals surface area contributed by atoms with Crippen molar-refractivity contribution in [3.05, 3.63) is 69.9 Å². The number of rotatable bonds is 6. The predicted octanol–water partition coefficient (Wildman–Crippen LogP) is 5.21. The molecule has 0 unspecified atom stereocenters. The molecule has 2 heterocycles. The van der Waals surface area contributed by atoms with Gasteiger partial charge in [0.25, 0.3) is 5.91 Å². The van der Waals surface area contributed by atoms with Gasteiger partial charge in [-0.2, -0.15) is 31.9 Å². The highest BCUT2D eigenvalue weighted by atomic mass is 35.5. The normalized spacial score (nSPS) is 14.9. The number of halogens is 6. The Balaban J connectivity index is 1.63. The molecule has 182 valence electrons. The van der Waals surface area contributed by atoms with Gasteiger partial charge in [0.2, 0.25) is 0 Å². The zero-order valence-corrected chi connectivity index (χ0v) is 18.7. The number of benzene rings is 1. The van der Waals surface area contributed by atoms with Crippen LogP contribution in [0.15, 0.2) is 36.5 Å². The Labute approximate surface area is 200 Å². The Hall–Kier alpha value is -3.59. The highest BCUT2D eigenvalue weighted by Crippen LogP contribution is 2.44. The van der Waals surface area contributed by atoms with Crippen LogP contribution in [0.5, 0.6) is 0 Å². The van der Waals surface area contributed by atoms with Crippen LogP contribution in [0.3, 0.4) is 0 Å². The van der Waals surface area contributed by atoms with E-state index in [2.05, 4.69) is 20.4 Å². The average Bonchev–Trinajstić information content (AvgIpc) is 3.56. The molecule has 0 bridgehead atoms. The second-order valence-electron chi connectivity index (χ2n) is 8.03. The van der Waals surface area contributed by atoms with Crippen molar-refractivity contribution < 1.29 is 26.7 Å². The smallest absolute Gasteiger partial charge is 0.342 e. The Kier molecular flexibility index (Phi) is 6.23. The summed E-state index contributed by atoms with van der Waals surface area (Å²) in [4.78, 5) is 21.5. The molecule has 1 N–H and O–H groups in total. The molecule has 7 nitrogen and oxygen atoms in total. The van der Waals surface area contributed by atoms with E-state index in [1.807, 2.05) is 6.07 Å². The van der Waals surface area contributed by atoms with Gasteiger partial charge in [-0.3, -0.25) is 4.79 Å². The first-order chi connectivity index (χ1) is 16.4. The van der Waals surface area contributed by atoms with E-state index in [4.69, 9.17) is 16.9 Å². The summed E-state index contributed by atoms with van der Waals surface area (Å²) in [5.41, 5.74) is -1.60. The first-order valence-electron chi connectivity index (χ1n) is 10.3. The second kappa shape index (κ2) is 8.88. The molecule has 1 amide bonds. The van der Waals surface area contributed by atoms with Gasteiger partial charge in [-0.25, -0.2) is 9.97 Å². The molecule has 1 saturated carbocycles. The van der Waals surface area contributed by atoms with Gasteiger partial charge in [0.15, 0.2) is 17.5 Å². The van der Waals surface area contributed by atoms with Crippen molar-refractivity contribution in [2.24, 2.45) is 0 Å². The standard InChI is InChI=1S/C22H16ClF5N6O/c1-11(31-20(35)14-6-15(8-16(23)7-14)21(24,25)22(26,27)28)19-32-18(13-3-4-13)33-34(19)17-5-2-12(9-29)10-30-17/h2,5-8,10-11,13H,3-4H2,1H3,(H,31,35)/t11-/m0/s1. The number of alkyl halides is 5. The summed E-state index contributed by atoms with van der Waals surface area (Å²) in [6.07, 6.45) is -2.73. The van der Waals surface area contributed by atoms with E-state index in [0.717, 1.165) is 18.9 Å². The summed E-state index contributed by atoms with van der Waals surface area (Å²) in [7, 11) is 0. The number of nitrogens with one attached hydrogen (secondary N) is 1. The number of hydrogen-bond donors (Lipinski definition) is 1. The molecule has 13 heteroatoms. The maximum atomic E-state index is 13.8. The summed E-state index contributed by atoms with van der Waals surface area (Å²) in [5, 5.41) is 15.5. The van der Waals surface area contributed by atoms with Crippen LogP contribution in [0.25, 0.3) is 5.82 Å². The number of amides is 1. The monoisotopic (exact) mass is 510 g/mol. The van der Waals surface area contributed by atoms with E-state index in [9.17, 15) is 26.7 Å². The van der Waals surface area contributed by atoms with Gasteiger partial charge in [-0.15, -0.1) is 5.10 Å². The maximum Gasteiger partial charge on any atom is 0.458 e. The largest absolute Gasteiger partial charge is 0.458 e. The lowest BCUT2D eigenvalue weighted by molar-refractivity contribution is -0.289. The third-order valence-corrected chi connectivity index (χ3v) is 5.52. The number of aromatic nitrogens is 4. The highest BCUT2D eigenvalue weighted by Gasteiger charge is 2.58. The second-order valence-corrected chi connectivity index (χ2v) is 8.46. The third-order valence-electron chi connectivity index (χ3n) is 5.30. The zero-order chi connectivity index (χ0) is 25.5. The molecule has 1 atom stereocenters. The van der Waals surface area contributed by atoms with E-state index < -0.39 is 40.2 Å². The van der Waals surface area contributed by atoms with Gasteiger partial charge in [-0.1, -0.05) is 11.6 Å². The summed E-state index contributed by atoms with van der Waals surface area (Å²) < 4.78 is 67.5. The lowest BCUT2D eigenvalue weighted by atomic mass is 10.0. The fourth-order valence-electron chi connectivity index (χ4n) is 3.29. The van der Waals surface area contributed by atoms with Crippen molar-refractivity contribution >= 4 is 17.5 Å². The van der Waals surface area contributed by atoms with Crippen LogP contribution in [-0.4, -0.2) is 31.8 Å². The predicted molar refractivity (Wildman–Crippen MR) is 113 cm³/mol. The molecule has 35 heavy (non-hydrogen) atoms. The number of carbonyl (C=O) groups excluding carboxylic acids is 1. The van der Waals surface area contributed by atoms with Gasteiger partial charge in [-0.05, 0) is 50.1 Å². The van der Waals surface area contributed by atoms with Crippen LogP contribution in [0.1, 0.15) is 64.9 Å². The first kappa shape index (κ1) is 24.5. The van der Waals surface area contributed by atoms with Crippen molar-refractivity contribution in [2.75, 3.05) is 0 Å². The minimum atomic E-state index is -5.86. The summed E-state index contributed by atoms with van der Waals surface area (Å²) >= 11 is 5.74. The van der Waals surface area contributed by atoms with Crippen molar-refractivity contribution in [1.29, 1.82) is 5.26 Å². The van der Waals surface area contributed by atoms with E-state index in [1.54, 1.807) is 13.0 Å². The van der Waals surface area contributed by atoms with Crippen LogP contribution in [0.4, 0.5) is 22.0 Å². The van der Waals surface area contributed by atoms with Gasteiger partial charge in [0.1, 0.15) is 6.07 Å². The molecule has 0 spiro atoms. The van der Waals surface area contributed by atoms with Gasteiger partial charge < -0.3 is 5.32 Å². The number of pyridine rings is 1. The van der Waals surface area contributed by atoms with Crippen molar-refractivity contribution in [1.82, 2.24) is 25.1 Å². The zero-order valence-electron chi connectivity index (χ0n) is 17.9. The van der Waals surface area contributed by atoms with Crippen LogP contribution >= 0.6 is 11.6 Å². The molecule has 2 aromatic heterocycles. The van der Waals surface area contributed by atoms with E-state index >= 15 is 0 Å². The molecule has 1 aliphatic carbocycles. The van der Waals surface area contributed by atoms with Crippen LogP contribution in [0.2, 0.25) is 5.02 Å². The first-order valence-corrected chi connectivity index (χ1v) is 10.7. The van der Waals surface area contributed by atoms with Crippen LogP contribution in [0, 0.1) is 11.3 Å². The number of carbonyl (C=O) groups is 1. The van der Waals surface area contributed by atoms with Crippen molar-refractivity contribution in [3.63, 3.8) is 0 Å². The minimum absolute atomic E-state index is 0.149. The Morgan fingerprint density at radius 3 is 2.51 bits per heavy atom. The van der Waals surface area contributed by atoms with Crippen molar-refractivity contribution in [2.45, 2.75) is 43.8 Å². The molecule has 4 rings (SSSR count). The molecule has 1 aliphatic rings. The molecular weight excluding hydrogens is 495 g/mol. The van der Waals surface area contributed by atoms with Crippen molar-refractivity contribution in [3.8, 4) is 11.9 Å². The Bertz CT molecular complexity index is 1310. The molecule has 0 radical (unpaired) electrons. The highest BCUT2D eigenvalue weighted by molar-refractivity contribution is 6.31. The third kappa shape index (κ3) is 4.95. The minimum Gasteiger partial charge on any atom is -0.342 e. The molecule has 0 saturated heterocycles. The summed E-state index contributed by atoms with van der Waals surface area (Å²) in [6.45, 7) is 1.55. The van der Waals surface area contributed by atoms with E-state index in [-0.39, 0.29) is 11.7 Å². The summed E-state index contributed by atoms with van der Waals surface area (Å²) in [6, 6.07) is 6.08. The fraction of sp³-hybridized carbons (Fsp3) is 0.318. The Morgan fingerprint density at radius 1 is 1.23 bits per heavy atom. The number of nitriles is 1. The fourth-order valence-corrected chi connectivity index (χ4v) is 3.53. The molecular formula is C22H16ClF5N6O. The molecule has 1 aromatic carbocycles. The molecule has 1 fully saturated rings. The van der Waals surface area contributed by atoms with Crippen LogP contribution < -0.4 is 5.32 Å². The van der Waals surface area contributed by atoms with Gasteiger partial charge in [0.05, 0.1) is 11.6 Å². The lowest BCUT2D eigenvalue weighted by Crippen LogP contribution is -2.34. The Morgan fingerprint density at radius 2 is 1.94 bits per heavy atom. The average molecular weight is 511 g/mol. The quantitative estimate of drug-likeness (QED) is 0.459. The maximum absolute atomic E-state index is 13.8. The lowest BCUT2D eigenvalue weighted by Gasteiger charge is -2.21. The summed E-state index contributed by atoms with van der Waals surface area (Å²) in [5.74, 6) is -4.86. The number of hydrogen-bond acceptors (Lipinski definition) is 5.